The van der Waals surface area contributed by atoms with Gasteiger partial charge in [0.1, 0.15) is 6.04 Å². The fourth-order valence-electron chi connectivity index (χ4n) is 3.53. The zero-order valence-electron chi connectivity index (χ0n) is 15.8. The number of hydrogen-bond acceptors (Lipinski definition) is 6. The van der Waals surface area contributed by atoms with Gasteiger partial charge in [0.25, 0.3) is 5.91 Å². The highest BCUT2D eigenvalue weighted by Crippen LogP contribution is 2.24. The summed E-state index contributed by atoms with van der Waals surface area (Å²) in [4.78, 5) is 38.8. The first-order valence-corrected chi connectivity index (χ1v) is 9.13. The number of carbonyl (C=O) groups is 3. The van der Waals surface area contributed by atoms with E-state index in [1.807, 2.05) is 30.3 Å². The molecule has 0 radical (unpaired) electrons. The highest BCUT2D eigenvalue weighted by molar-refractivity contribution is 6.02. The van der Waals surface area contributed by atoms with Gasteiger partial charge < -0.3 is 14.4 Å². The van der Waals surface area contributed by atoms with Crippen LogP contribution in [-0.2, 0) is 32.0 Å². The van der Waals surface area contributed by atoms with Gasteiger partial charge in [-0.15, -0.1) is 0 Å². The van der Waals surface area contributed by atoms with E-state index >= 15 is 0 Å². The van der Waals surface area contributed by atoms with Gasteiger partial charge in [0.15, 0.2) is 12.3 Å². The molecule has 2 aromatic carbocycles. The second-order valence-corrected chi connectivity index (χ2v) is 6.73. The smallest absolute Gasteiger partial charge is 0.359 e. The molecule has 0 aliphatic carbocycles. The van der Waals surface area contributed by atoms with Gasteiger partial charge in [0.05, 0.1) is 12.6 Å². The second kappa shape index (κ2) is 7.75. The van der Waals surface area contributed by atoms with E-state index < -0.39 is 30.5 Å². The lowest BCUT2D eigenvalue weighted by atomic mass is 9.94. The lowest BCUT2D eigenvalue weighted by molar-refractivity contribution is -0.155. The molecule has 0 fully saturated rings. The third kappa shape index (κ3) is 3.56. The highest BCUT2D eigenvalue weighted by atomic mass is 16.5. The van der Waals surface area contributed by atoms with Crippen molar-refractivity contribution in [3.05, 3.63) is 65.4 Å². The molecule has 1 amide bonds. The van der Waals surface area contributed by atoms with Gasteiger partial charge in [0.2, 0.25) is 0 Å². The number of fused-ring (bicyclic) bond motifs is 2. The van der Waals surface area contributed by atoms with Crippen LogP contribution in [-0.4, -0.2) is 52.7 Å². The number of benzene rings is 2. The van der Waals surface area contributed by atoms with E-state index in [0.717, 1.165) is 11.1 Å². The fraction of sp³-hybridized carbons (Fsp3) is 0.238. The van der Waals surface area contributed by atoms with Gasteiger partial charge >= 0.3 is 11.9 Å². The summed E-state index contributed by atoms with van der Waals surface area (Å²) in [6, 6.07) is 14.0. The quantitative estimate of drug-likeness (QED) is 0.679. The highest BCUT2D eigenvalue weighted by Gasteiger charge is 2.35. The SMILES string of the molecule is COC(=O)[C@H]1Cc2ccccc2CN1C(=O)COC(=O)c1n[nH]c2ccccc12. The van der Waals surface area contributed by atoms with E-state index in [1.165, 1.54) is 12.0 Å². The maximum absolute atomic E-state index is 12.8. The molecule has 1 N–H and O–H groups in total. The minimum absolute atomic E-state index is 0.113. The summed E-state index contributed by atoms with van der Waals surface area (Å²) in [5.41, 5.74) is 2.75. The normalized spacial score (nSPS) is 15.6. The number of H-pyrrole nitrogens is 1. The van der Waals surface area contributed by atoms with Crippen molar-refractivity contribution in [2.75, 3.05) is 13.7 Å². The average molecular weight is 393 g/mol. The zero-order chi connectivity index (χ0) is 20.4. The van der Waals surface area contributed by atoms with Crippen molar-refractivity contribution < 1.29 is 23.9 Å². The van der Waals surface area contributed by atoms with Crippen molar-refractivity contribution in [1.29, 1.82) is 0 Å². The van der Waals surface area contributed by atoms with Crippen LogP contribution < -0.4 is 0 Å². The Kier molecular flexibility index (Phi) is 4.99. The molecule has 1 aliphatic rings. The van der Waals surface area contributed by atoms with Crippen LogP contribution in [0.3, 0.4) is 0 Å². The molecule has 0 bridgehead atoms. The molecular weight excluding hydrogens is 374 g/mol. The summed E-state index contributed by atoms with van der Waals surface area (Å²) in [7, 11) is 1.29. The van der Waals surface area contributed by atoms with E-state index in [0.29, 0.717) is 17.3 Å². The molecule has 148 valence electrons. The minimum atomic E-state index is -0.757. The van der Waals surface area contributed by atoms with E-state index in [9.17, 15) is 14.4 Å². The van der Waals surface area contributed by atoms with Crippen molar-refractivity contribution in [2.45, 2.75) is 19.0 Å². The number of esters is 2. The van der Waals surface area contributed by atoms with Crippen LogP contribution in [0.25, 0.3) is 10.9 Å². The van der Waals surface area contributed by atoms with Crippen LogP contribution in [0.15, 0.2) is 48.5 Å². The van der Waals surface area contributed by atoms with Crippen LogP contribution >= 0.6 is 0 Å². The number of para-hydroxylation sites is 1. The molecular formula is C21H19N3O5. The Bertz CT molecular complexity index is 1090. The number of nitrogens with zero attached hydrogens (tertiary/aromatic N) is 2. The predicted molar refractivity (Wildman–Crippen MR) is 103 cm³/mol. The molecule has 2 heterocycles. The number of nitrogens with one attached hydrogen (secondary N) is 1. The molecule has 4 rings (SSSR count). The monoisotopic (exact) mass is 393 g/mol. The molecule has 1 aromatic heterocycles. The summed E-state index contributed by atoms with van der Waals surface area (Å²) in [5, 5.41) is 7.34. The van der Waals surface area contributed by atoms with Gasteiger partial charge in [-0.1, -0.05) is 42.5 Å². The summed E-state index contributed by atoms with van der Waals surface area (Å²) in [6.07, 6.45) is 0.354. The van der Waals surface area contributed by atoms with Crippen molar-refractivity contribution >= 4 is 28.7 Å². The van der Waals surface area contributed by atoms with Crippen LogP contribution in [0.4, 0.5) is 0 Å². The average Bonchev–Trinajstić information content (AvgIpc) is 3.20. The first-order chi connectivity index (χ1) is 14.1. The number of aromatic amines is 1. The van der Waals surface area contributed by atoms with E-state index in [1.54, 1.807) is 18.2 Å². The van der Waals surface area contributed by atoms with Gasteiger partial charge in [0, 0.05) is 18.4 Å². The Hall–Kier alpha value is -3.68. The summed E-state index contributed by atoms with van der Waals surface area (Å²) in [6.45, 7) is -0.243. The maximum Gasteiger partial charge on any atom is 0.359 e. The van der Waals surface area contributed by atoms with Crippen LogP contribution in [0, 0.1) is 0 Å². The number of rotatable bonds is 4. The van der Waals surface area contributed by atoms with Crippen molar-refractivity contribution in [2.24, 2.45) is 0 Å². The Morgan fingerprint density at radius 3 is 2.62 bits per heavy atom. The molecule has 0 saturated heterocycles. The van der Waals surface area contributed by atoms with E-state index in [4.69, 9.17) is 9.47 Å². The van der Waals surface area contributed by atoms with Crippen molar-refractivity contribution in [3.8, 4) is 0 Å². The van der Waals surface area contributed by atoms with Crippen LogP contribution in [0.5, 0.6) is 0 Å². The third-order valence-corrected chi connectivity index (χ3v) is 5.03. The lowest BCUT2D eigenvalue weighted by Gasteiger charge is -2.35. The van der Waals surface area contributed by atoms with E-state index in [2.05, 4.69) is 10.2 Å². The second-order valence-electron chi connectivity index (χ2n) is 6.73. The van der Waals surface area contributed by atoms with Crippen LogP contribution in [0.2, 0.25) is 0 Å². The molecule has 8 nitrogen and oxygen atoms in total. The summed E-state index contributed by atoms with van der Waals surface area (Å²) in [5.74, 6) is -1.68. The first kappa shape index (κ1) is 18.7. The summed E-state index contributed by atoms with van der Waals surface area (Å²) < 4.78 is 10.1. The van der Waals surface area contributed by atoms with Gasteiger partial charge in [-0.3, -0.25) is 9.89 Å². The molecule has 0 spiro atoms. The Labute approximate surface area is 166 Å². The number of amides is 1. The standard InChI is InChI=1S/C21H19N3O5/c1-28-20(26)17-10-13-6-2-3-7-14(13)11-24(17)18(25)12-29-21(27)19-15-8-4-5-9-16(15)22-23-19/h2-9,17H,10-12H2,1H3,(H,22,23)/t17-/m1/s1. The van der Waals surface area contributed by atoms with E-state index in [-0.39, 0.29) is 12.2 Å². The Morgan fingerprint density at radius 1 is 1.10 bits per heavy atom. The number of aromatic nitrogens is 2. The van der Waals surface area contributed by atoms with Gasteiger partial charge in [-0.2, -0.15) is 5.10 Å². The minimum Gasteiger partial charge on any atom is -0.467 e. The molecule has 1 atom stereocenters. The van der Waals surface area contributed by atoms with Crippen molar-refractivity contribution in [1.82, 2.24) is 15.1 Å². The molecule has 0 unspecified atom stereocenters. The topological polar surface area (TPSA) is 102 Å². The van der Waals surface area contributed by atoms with Crippen molar-refractivity contribution in [3.63, 3.8) is 0 Å². The lowest BCUT2D eigenvalue weighted by Crippen LogP contribution is -2.50. The Balaban J connectivity index is 1.49. The molecule has 8 heteroatoms. The fourth-order valence-corrected chi connectivity index (χ4v) is 3.53. The molecule has 29 heavy (non-hydrogen) atoms. The summed E-state index contributed by atoms with van der Waals surface area (Å²) >= 11 is 0. The largest absolute Gasteiger partial charge is 0.467 e. The first-order valence-electron chi connectivity index (χ1n) is 9.13. The third-order valence-electron chi connectivity index (χ3n) is 5.03. The zero-order valence-corrected chi connectivity index (χ0v) is 15.8. The predicted octanol–water partition coefficient (Wildman–Crippen LogP) is 1.85. The van der Waals surface area contributed by atoms with Gasteiger partial charge in [-0.05, 0) is 17.2 Å². The number of ether oxygens (including phenoxy) is 2. The molecule has 3 aromatic rings. The van der Waals surface area contributed by atoms with Crippen LogP contribution in [0.1, 0.15) is 21.6 Å². The maximum atomic E-state index is 12.8. The molecule has 1 aliphatic heterocycles. The number of carbonyl (C=O) groups excluding carboxylic acids is 3. The number of hydrogen-bond donors (Lipinski definition) is 1. The molecule has 0 saturated carbocycles. The Morgan fingerprint density at radius 2 is 1.83 bits per heavy atom. The van der Waals surface area contributed by atoms with Gasteiger partial charge in [-0.25, -0.2) is 9.59 Å². The number of methoxy groups -OCH3 is 1.